The third kappa shape index (κ3) is 6.51. The molecule has 1 aromatic rings. The first-order valence-electron chi connectivity index (χ1n) is 11.6. The van der Waals surface area contributed by atoms with Crippen LogP contribution in [0, 0.1) is 17.7 Å². The fourth-order valence-corrected chi connectivity index (χ4v) is 5.03. The van der Waals surface area contributed by atoms with Crippen LogP contribution in [0.15, 0.2) is 0 Å². The van der Waals surface area contributed by atoms with Gasteiger partial charge in [-0.1, -0.05) is 25.7 Å². The van der Waals surface area contributed by atoms with Crippen molar-refractivity contribution in [3.05, 3.63) is 16.8 Å². The molecule has 0 bridgehead atoms. The Morgan fingerprint density at radius 1 is 1.30 bits per heavy atom. The molecule has 0 radical (unpaired) electrons. The lowest BCUT2D eigenvalue weighted by Gasteiger charge is -2.43. The van der Waals surface area contributed by atoms with Gasteiger partial charge in [-0.15, -0.1) is 0 Å². The number of likely N-dealkylation sites (N-methyl/N-ethyl adjacent to an activating group) is 1. The van der Waals surface area contributed by atoms with Crippen LogP contribution in [-0.4, -0.2) is 76.2 Å². The van der Waals surface area contributed by atoms with Gasteiger partial charge in [0, 0.05) is 25.2 Å². The summed E-state index contributed by atoms with van der Waals surface area (Å²) in [5, 5.41) is 12.8. The molecule has 2 amide bonds. The molecule has 0 unspecified atom stereocenters. The molecule has 0 aromatic carbocycles. The minimum Gasteiger partial charge on any atom is -0.350 e. The van der Waals surface area contributed by atoms with Crippen molar-refractivity contribution in [2.75, 3.05) is 31.6 Å². The molecule has 11 heteroatoms. The Hall–Kier alpha value is -2.04. The summed E-state index contributed by atoms with van der Waals surface area (Å²) < 4.78 is 15.4. The zero-order valence-corrected chi connectivity index (χ0v) is 20.3. The molecule has 33 heavy (non-hydrogen) atoms. The number of rotatable bonds is 9. The Bertz CT molecular complexity index is 841. The lowest BCUT2D eigenvalue weighted by Crippen LogP contribution is -2.55. The van der Waals surface area contributed by atoms with Gasteiger partial charge in [0.2, 0.25) is 17.6 Å². The number of nitrogens with one attached hydrogen (secondary N) is 1. The van der Waals surface area contributed by atoms with Gasteiger partial charge in [0.05, 0.1) is 19.0 Å². The number of carbonyl (C=O) groups is 2. The van der Waals surface area contributed by atoms with E-state index in [4.69, 9.17) is 11.6 Å². The van der Waals surface area contributed by atoms with E-state index in [0.717, 1.165) is 32.2 Å². The number of hydrogen-bond donors (Lipinski definition) is 2. The highest BCUT2D eigenvalue weighted by molar-refractivity contribution is 6.28. The molecule has 1 aromatic heterocycles. The number of anilines is 1. The van der Waals surface area contributed by atoms with E-state index in [9.17, 15) is 14.8 Å². The van der Waals surface area contributed by atoms with Gasteiger partial charge >= 0.3 is 0 Å². The number of halogens is 2. The molecule has 1 aliphatic heterocycles. The van der Waals surface area contributed by atoms with Gasteiger partial charge in [0.1, 0.15) is 5.69 Å². The lowest BCUT2D eigenvalue weighted by molar-refractivity contribution is -0.155. The van der Waals surface area contributed by atoms with Crippen LogP contribution >= 0.6 is 11.6 Å². The summed E-state index contributed by atoms with van der Waals surface area (Å²) in [6, 6.07) is 0.247. The number of nitrogens with zero attached hydrogens (tertiary/aromatic N) is 5. The van der Waals surface area contributed by atoms with Crippen molar-refractivity contribution in [1.29, 1.82) is 0 Å². The average Bonchev–Trinajstić information content (AvgIpc) is 3.29. The summed E-state index contributed by atoms with van der Waals surface area (Å²) in [6.45, 7) is 5.14. The monoisotopic (exact) mass is 484 g/mol. The van der Waals surface area contributed by atoms with Crippen LogP contribution in [-0.2, 0) is 16.1 Å². The van der Waals surface area contributed by atoms with E-state index in [2.05, 4.69) is 27.1 Å². The summed E-state index contributed by atoms with van der Waals surface area (Å²) in [5.74, 6) is -1.05. The van der Waals surface area contributed by atoms with Gasteiger partial charge in [0.15, 0.2) is 11.6 Å². The lowest BCUT2D eigenvalue weighted by atomic mass is 9.92. The smallest absolute Gasteiger partial charge is 0.233 e. The first kappa shape index (κ1) is 25.6. The summed E-state index contributed by atoms with van der Waals surface area (Å²) >= 11 is 6.12. The van der Waals surface area contributed by atoms with Crippen LogP contribution < -0.4 is 10.2 Å². The molecule has 2 fully saturated rings. The van der Waals surface area contributed by atoms with Gasteiger partial charge in [-0.2, -0.15) is 4.98 Å². The van der Waals surface area contributed by atoms with Gasteiger partial charge < -0.3 is 10.2 Å². The molecule has 2 heterocycles. The molecule has 2 aliphatic rings. The Kier molecular flexibility index (Phi) is 8.83. The molecule has 1 saturated carbocycles. The van der Waals surface area contributed by atoms with Gasteiger partial charge in [-0.3, -0.25) is 19.7 Å². The molecular weight excluding hydrogens is 451 g/mol. The molecule has 184 valence electrons. The van der Waals surface area contributed by atoms with Crippen LogP contribution in [0.3, 0.4) is 0 Å². The Morgan fingerprint density at radius 2 is 2.00 bits per heavy atom. The highest BCUT2D eigenvalue weighted by atomic mass is 35.5. The first-order valence-corrected chi connectivity index (χ1v) is 11.9. The number of hydrogen-bond acceptors (Lipinski definition) is 7. The summed E-state index contributed by atoms with van der Waals surface area (Å²) in [6.07, 6.45) is 5.13. The van der Waals surface area contributed by atoms with Gasteiger partial charge in [0.25, 0.3) is 0 Å². The predicted octanol–water partition coefficient (Wildman–Crippen LogP) is 2.46. The highest BCUT2D eigenvalue weighted by Crippen LogP contribution is 2.31. The molecule has 3 atom stereocenters. The quantitative estimate of drug-likeness (QED) is 0.240. The minimum absolute atomic E-state index is 0.00740. The maximum absolute atomic E-state index is 15.4. The molecule has 9 nitrogen and oxygen atoms in total. The fraction of sp³-hybridized carbons (Fsp3) is 0.727. The van der Waals surface area contributed by atoms with E-state index in [0.29, 0.717) is 23.9 Å². The normalized spacial score (nSPS) is 22.9. The van der Waals surface area contributed by atoms with Crippen molar-refractivity contribution in [1.82, 2.24) is 25.2 Å². The van der Waals surface area contributed by atoms with Crippen LogP contribution in [0.5, 0.6) is 0 Å². The number of hydroxylamine groups is 2. The number of amides is 2. The number of carbonyl (C=O) groups excluding carboxylic acids is 2. The summed E-state index contributed by atoms with van der Waals surface area (Å²) in [5.41, 5.74) is 0.00740. The average molecular weight is 485 g/mol. The Morgan fingerprint density at radius 3 is 2.67 bits per heavy atom. The van der Waals surface area contributed by atoms with Crippen LogP contribution in [0.1, 0.15) is 51.6 Å². The van der Waals surface area contributed by atoms with Crippen LogP contribution in [0.25, 0.3) is 0 Å². The van der Waals surface area contributed by atoms with Gasteiger partial charge in [-0.25, -0.2) is 14.4 Å². The zero-order valence-electron chi connectivity index (χ0n) is 19.5. The SMILES string of the molecule is C[C@@H]1CN(c2nc(Cl)nc(CNC(=O)[C@H](CC3CCCC3)CN(O)C=O)c2F)[C@@H](C)CN1C. The standard InChI is InChI=1S/C22H34ClFN6O3/c1-14-11-30(15(2)10-28(14)3)20-19(24)18(26-22(23)27-20)9-25-21(32)17(12-29(33)13-31)8-16-6-4-5-7-16/h13-17,33H,4-12H2,1-3H3,(H,25,32)/t14-,15+,17-/m1/s1. The maximum Gasteiger partial charge on any atom is 0.233 e. The Balaban J connectivity index is 1.72. The van der Waals surface area contributed by atoms with E-state index in [1.165, 1.54) is 0 Å². The molecular formula is C22H34ClFN6O3. The van der Waals surface area contributed by atoms with E-state index in [1.54, 1.807) is 0 Å². The Labute approximate surface area is 199 Å². The molecule has 2 N–H and O–H groups in total. The van der Waals surface area contributed by atoms with Crippen molar-refractivity contribution in [2.24, 2.45) is 11.8 Å². The second-order valence-electron chi connectivity index (χ2n) is 9.40. The third-order valence-corrected chi connectivity index (χ3v) is 7.04. The second-order valence-corrected chi connectivity index (χ2v) is 9.73. The zero-order chi connectivity index (χ0) is 24.1. The summed E-state index contributed by atoms with van der Waals surface area (Å²) in [4.78, 5) is 36.0. The van der Waals surface area contributed by atoms with Crippen molar-refractivity contribution in [2.45, 2.75) is 64.6 Å². The fourth-order valence-electron chi connectivity index (χ4n) is 4.85. The van der Waals surface area contributed by atoms with E-state index in [-0.39, 0.29) is 54.3 Å². The number of aromatic nitrogens is 2. The van der Waals surface area contributed by atoms with E-state index < -0.39 is 11.7 Å². The first-order chi connectivity index (χ1) is 15.7. The summed E-state index contributed by atoms with van der Waals surface area (Å²) in [7, 11) is 2.03. The second kappa shape index (κ2) is 11.4. The van der Waals surface area contributed by atoms with Crippen molar-refractivity contribution in [3.63, 3.8) is 0 Å². The van der Waals surface area contributed by atoms with Crippen LogP contribution in [0.2, 0.25) is 5.28 Å². The molecule has 0 spiro atoms. The van der Waals surface area contributed by atoms with Crippen LogP contribution in [0.4, 0.5) is 10.2 Å². The maximum atomic E-state index is 15.4. The minimum atomic E-state index is -0.604. The van der Waals surface area contributed by atoms with Gasteiger partial charge in [-0.05, 0) is 44.8 Å². The van der Waals surface area contributed by atoms with E-state index in [1.807, 2.05) is 18.9 Å². The van der Waals surface area contributed by atoms with E-state index >= 15 is 4.39 Å². The van der Waals surface area contributed by atoms with Crippen molar-refractivity contribution >= 4 is 29.7 Å². The number of piperazine rings is 1. The van der Waals surface area contributed by atoms with Crippen molar-refractivity contribution < 1.29 is 19.2 Å². The topological polar surface area (TPSA) is 102 Å². The third-order valence-electron chi connectivity index (χ3n) is 6.87. The van der Waals surface area contributed by atoms with Crippen molar-refractivity contribution in [3.8, 4) is 0 Å². The molecule has 1 saturated heterocycles. The predicted molar refractivity (Wildman–Crippen MR) is 122 cm³/mol. The largest absolute Gasteiger partial charge is 0.350 e. The molecule has 3 rings (SSSR count). The molecule has 1 aliphatic carbocycles. The highest BCUT2D eigenvalue weighted by Gasteiger charge is 2.31.